The molecule has 2 aromatic heterocycles. The number of hydrogen-bond acceptors (Lipinski definition) is 8. The Labute approximate surface area is 258 Å². The van der Waals surface area contributed by atoms with Crippen molar-refractivity contribution in [3.63, 3.8) is 0 Å². The molecule has 0 N–H and O–H groups in total. The van der Waals surface area contributed by atoms with Gasteiger partial charge in [0.2, 0.25) is 0 Å². The first-order valence-electron chi connectivity index (χ1n) is 14.0. The van der Waals surface area contributed by atoms with E-state index in [0.717, 1.165) is 35.2 Å². The molecule has 0 unspecified atom stereocenters. The molecule has 1 aliphatic heterocycles. The fourth-order valence-corrected chi connectivity index (χ4v) is 8.82. The van der Waals surface area contributed by atoms with E-state index in [1.54, 1.807) is 6.07 Å². The fourth-order valence-electron chi connectivity index (χ4n) is 5.95. The van der Waals surface area contributed by atoms with Gasteiger partial charge >= 0.3 is 0 Å². The summed E-state index contributed by atoms with van der Waals surface area (Å²) in [5.74, 6) is -0.905. The van der Waals surface area contributed by atoms with Crippen LogP contribution in [0.2, 0.25) is 0 Å². The SMILES string of the molecule is N#CC1(CC(=O)[C@@H]2CCC(Cl)(Cl)C[C@H]2c2nc(-c3ccc(F)cn3)sc2-c2ccc(N3CCS(=O)(=O)CC3)cc2)CC1. The maximum absolute atomic E-state index is 13.7. The maximum atomic E-state index is 13.7. The van der Waals surface area contributed by atoms with Crippen LogP contribution in [0.5, 0.6) is 0 Å². The van der Waals surface area contributed by atoms with Crippen LogP contribution in [0.25, 0.3) is 21.1 Å². The van der Waals surface area contributed by atoms with Crippen LogP contribution in [-0.4, -0.2) is 53.1 Å². The topological polar surface area (TPSA) is 104 Å². The number of carbonyl (C=O) groups is 1. The number of aromatic nitrogens is 2. The van der Waals surface area contributed by atoms with Crippen LogP contribution in [0, 0.1) is 28.5 Å². The van der Waals surface area contributed by atoms with E-state index in [4.69, 9.17) is 28.2 Å². The summed E-state index contributed by atoms with van der Waals surface area (Å²) in [5, 5.41) is 10.2. The molecule has 2 saturated carbocycles. The summed E-state index contributed by atoms with van der Waals surface area (Å²) >= 11 is 14.8. The van der Waals surface area contributed by atoms with Gasteiger partial charge in [-0.05, 0) is 61.9 Å². The van der Waals surface area contributed by atoms with Crippen LogP contribution in [0.15, 0.2) is 42.6 Å². The Morgan fingerprint density at radius 2 is 1.83 bits per heavy atom. The summed E-state index contributed by atoms with van der Waals surface area (Å²) in [4.78, 5) is 25.8. The monoisotopic (exact) mass is 646 g/mol. The standard InChI is InChI=1S/C30H29Cl2FN4O3S2/c31-30(32)8-7-22(25(38)16-29(18-34)9-10-29)23(15-30)26-27(41-28(36-26)24-6-3-20(33)17-35-24)19-1-4-21(5-2-19)37-11-13-42(39,40)14-12-37/h1-6,17,22-23H,7-16H2/t22-,23-/m1/s1. The zero-order chi connectivity index (χ0) is 29.7. The summed E-state index contributed by atoms with van der Waals surface area (Å²) in [6.45, 7) is 0.884. The lowest BCUT2D eigenvalue weighted by Gasteiger charge is -2.37. The number of halogens is 3. The Hall–Kier alpha value is -2.58. The molecular formula is C30H29Cl2FN4O3S2. The van der Waals surface area contributed by atoms with Gasteiger partial charge in [-0.1, -0.05) is 12.1 Å². The Balaban J connectivity index is 1.38. The molecule has 0 bridgehead atoms. The van der Waals surface area contributed by atoms with Crippen LogP contribution >= 0.6 is 34.5 Å². The number of pyridine rings is 1. The number of rotatable bonds is 7. The molecule has 3 aliphatic rings. The number of Topliss-reactive ketones (excluding diaryl/α,β-unsaturated/α-hetero) is 1. The van der Waals surface area contributed by atoms with E-state index in [-0.39, 0.29) is 35.5 Å². The van der Waals surface area contributed by atoms with E-state index in [1.807, 2.05) is 24.3 Å². The van der Waals surface area contributed by atoms with Crippen molar-refractivity contribution < 1.29 is 17.6 Å². The van der Waals surface area contributed by atoms with E-state index in [9.17, 15) is 22.9 Å². The summed E-state index contributed by atoms with van der Waals surface area (Å²) in [5.41, 5.74) is 2.46. The number of hydrogen-bond donors (Lipinski definition) is 0. The van der Waals surface area contributed by atoms with Crippen molar-refractivity contribution in [1.29, 1.82) is 5.26 Å². The van der Waals surface area contributed by atoms with Gasteiger partial charge in [0, 0.05) is 37.0 Å². The highest BCUT2D eigenvalue weighted by Gasteiger charge is 2.49. The van der Waals surface area contributed by atoms with Gasteiger partial charge in [-0.3, -0.25) is 9.78 Å². The highest BCUT2D eigenvalue weighted by molar-refractivity contribution is 7.91. The predicted molar refractivity (Wildman–Crippen MR) is 163 cm³/mol. The third-order valence-corrected chi connectivity index (χ3v) is 12.1. The van der Waals surface area contributed by atoms with E-state index >= 15 is 0 Å². The molecule has 0 amide bonds. The average Bonchev–Trinajstić information content (AvgIpc) is 3.59. The van der Waals surface area contributed by atoms with Crippen LogP contribution in [0.1, 0.15) is 50.1 Å². The van der Waals surface area contributed by atoms with E-state index in [2.05, 4.69) is 16.0 Å². The second-order valence-electron chi connectivity index (χ2n) is 11.6. The largest absolute Gasteiger partial charge is 0.369 e. The zero-order valence-corrected chi connectivity index (χ0v) is 25.9. The molecule has 0 radical (unpaired) electrons. The van der Waals surface area contributed by atoms with Crippen LogP contribution < -0.4 is 4.90 Å². The van der Waals surface area contributed by atoms with Crippen LogP contribution in [-0.2, 0) is 14.6 Å². The number of ketones is 1. The first kappa shape index (κ1) is 29.5. The zero-order valence-electron chi connectivity index (χ0n) is 22.7. The predicted octanol–water partition coefficient (Wildman–Crippen LogP) is 6.57. The third kappa shape index (κ3) is 6.21. The minimum Gasteiger partial charge on any atom is -0.369 e. The number of alkyl halides is 2. The Kier molecular flexibility index (Phi) is 7.84. The smallest absolute Gasteiger partial charge is 0.153 e. The van der Waals surface area contributed by atoms with Crippen molar-refractivity contribution in [3.8, 4) is 27.2 Å². The maximum Gasteiger partial charge on any atom is 0.153 e. The molecule has 3 heterocycles. The molecule has 1 aromatic carbocycles. The molecule has 3 aromatic rings. The van der Waals surface area contributed by atoms with Crippen LogP contribution in [0.4, 0.5) is 10.1 Å². The van der Waals surface area contributed by atoms with Crippen molar-refractivity contribution >= 4 is 55.8 Å². The van der Waals surface area contributed by atoms with Gasteiger partial charge < -0.3 is 4.90 Å². The molecule has 3 fully saturated rings. The van der Waals surface area contributed by atoms with Gasteiger partial charge in [-0.25, -0.2) is 17.8 Å². The summed E-state index contributed by atoms with van der Waals surface area (Å²) in [6.07, 6.45) is 4.13. The number of benzene rings is 1. The van der Waals surface area contributed by atoms with Crippen molar-refractivity contribution in [2.45, 2.75) is 48.8 Å². The van der Waals surface area contributed by atoms with E-state index in [0.29, 0.717) is 48.7 Å². The lowest BCUT2D eigenvalue weighted by Crippen LogP contribution is -2.40. The lowest BCUT2D eigenvalue weighted by molar-refractivity contribution is -0.125. The third-order valence-electron chi connectivity index (χ3n) is 8.63. The van der Waals surface area contributed by atoms with Gasteiger partial charge in [0.1, 0.15) is 20.9 Å². The van der Waals surface area contributed by atoms with Gasteiger partial charge in [0.05, 0.1) is 45.5 Å². The molecule has 7 nitrogen and oxygen atoms in total. The first-order valence-corrected chi connectivity index (χ1v) is 17.4. The van der Waals surface area contributed by atoms with Crippen molar-refractivity contribution in [1.82, 2.24) is 9.97 Å². The number of nitrogens with zero attached hydrogens (tertiary/aromatic N) is 4. The molecule has 1 saturated heterocycles. The summed E-state index contributed by atoms with van der Waals surface area (Å²) < 4.78 is 36.4. The molecular weight excluding hydrogens is 618 g/mol. The molecule has 220 valence electrons. The number of carbonyl (C=O) groups excluding carboxylic acids is 1. The lowest BCUT2D eigenvalue weighted by atomic mass is 9.72. The minimum atomic E-state index is -3.00. The number of thiazole rings is 1. The molecule has 2 atom stereocenters. The quantitative estimate of drug-likeness (QED) is 0.268. The first-order chi connectivity index (χ1) is 20.0. The Bertz CT molecular complexity index is 1630. The van der Waals surface area contributed by atoms with Gasteiger partial charge in [-0.15, -0.1) is 34.5 Å². The van der Waals surface area contributed by atoms with Gasteiger partial charge in [0.15, 0.2) is 9.84 Å². The summed E-state index contributed by atoms with van der Waals surface area (Å²) in [7, 11) is -3.00. The number of sulfone groups is 1. The minimum absolute atomic E-state index is 0.0405. The highest BCUT2D eigenvalue weighted by atomic mass is 35.5. The Morgan fingerprint density at radius 3 is 2.45 bits per heavy atom. The normalized spacial score (nSPS) is 24.1. The average molecular weight is 648 g/mol. The van der Waals surface area contributed by atoms with E-state index < -0.39 is 25.4 Å². The molecule has 0 spiro atoms. The number of nitriles is 1. The fraction of sp³-hybridized carbons (Fsp3) is 0.467. The Morgan fingerprint density at radius 1 is 1.12 bits per heavy atom. The highest BCUT2D eigenvalue weighted by Crippen LogP contribution is 2.54. The molecule has 42 heavy (non-hydrogen) atoms. The molecule has 12 heteroatoms. The second-order valence-corrected chi connectivity index (χ2v) is 16.6. The van der Waals surface area contributed by atoms with Gasteiger partial charge in [-0.2, -0.15) is 5.26 Å². The van der Waals surface area contributed by atoms with Crippen molar-refractivity contribution in [3.05, 3.63) is 54.1 Å². The molecule has 2 aliphatic carbocycles. The summed E-state index contributed by atoms with van der Waals surface area (Å²) in [6, 6.07) is 13.1. The van der Waals surface area contributed by atoms with Crippen molar-refractivity contribution in [2.75, 3.05) is 29.5 Å². The van der Waals surface area contributed by atoms with E-state index in [1.165, 1.54) is 17.4 Å². The second kappa shape index (κ2) is 11.2. The molecule has 6 rings (SSSR count). The number of anilines is 1. The van der Waals surface area contributed by atoms with Crippen LogP contribution in [0.3, 0.4) is 0 Å². The van der Waals surface area contributed by atoms with Crippen molar-refractivity contribution in [2.24, 2.45) is 11.3 Å². The van der Waals surface area contributed by atoms with Gasteiger partial charge in [0.25, 0.3) is 0 Å².